The van der Waals surface area contributed by atoms with E-state index in [1.165, 1.54) is 6.07 Å². The van der Waals surface area contributed by atoms with E-state index in [2.05, 4.69) is 0 Å². The fourth-order valence-corrected chi connectivity index (χ4v) is 1.41. The third kappa shape index (κ3) is 2.67. The molecule has 0 fully saturated rings. The maximum atomic E-state index is 13.0. The van der Waals surface area contributed by atoms with Crippen LogP contribution in [0.3, 0.4) is 0 Å². The summed E-state index contributed by atoms with van der Waals surface area (Å²) in [4.78, 5) is 0. The first-order valence-corrected chi connectivity index (χ1v) is 4.81. The Morgan fingerprint density at radius 2 is 2.29 bits per heavy atom. The van der Waals surface area contributed by atoms with Crippen molar-refractivity contribution >= 4 is 11.6 Å². The van der Waals surface area contributed by atoms with Crippen LogP contribution in [0.2, 0.25) is 5.02 Å². The summed E-state index contributed by atoms with van der Waals surface area (Å²) in [5.74, 6) is -0.448. The van der Waals surface area contributed by atoms with Crippen molar-refractivity contribution in [3.8, 4) is 0 Å². The van der Waals surface area contributed by atoms with E-state index >= 15 is 0 Å². The molecule has 0 spiro atoms. The molecule has 0 amide bonds. The number of ether oxygens (including phenoxy) is 1. The molecule has 78 valence electrons. The van der Waals surface area contributed by atoms with E-state index in [1.807, 2.05) is 6.92 Å². The maximum Gasteiger partial charge on any atom is 0.142 e. The third-order valence-corrected chi connectivity index (χ3v) is 2.28. The van der Waals surface area contributed by atoms with Gasteiger partial charge in [-0.25, -0.2) is 4.39 Å². The molecule has 1 aromatic rings. The predicted molar refractivity (Wildman–Crippen MR) is 54.8 cm³/mol. The minimum Gasteiger partial charge on any atom is -0.380 e. The zero-order valence-electron chi connectivity index (χ0n) is 7.97. The lowest BCUT2D eigenvalue weighted by atomic mass is 10.1. The minimum absolute atomic E-state index is 0.0831. The van der Waals surface area contributed by atoms with Gasteiger partial charge < -0.3 is 10.5 Å². The second kappa shape index (κ2) is 5.29. The number of rotatable bonds is 4. The number of hydrogen-bond acceptors (Lipinski definition) is 2. The number of halogens is 2. The molecular formula is C10H13ClFNO. The van der Waals surface area contributed by atoms with Crippen LogP contribution < -0.4 is 5.73 Å². The van der Waals surface area contributed by atoms with Crippen molar-refractivity contribution in [3.63, 3.8) is 0 Å². The molecule has 2 N–H and O–H groups in total. The van der Waals surface area contributed by atoms with E-state index in [0.29, 0.717) is 18.8 Å². The lowest BCUT2D eigenvalue weighted by Gasteiger charge is -2.13. The maximum absolute atomic E-state index is 13.0. The van der Waals surface area contributed by atoms with Crippen molar-refractivity contribution in [1.82, 2.24) is 0 Å². The highest BCUT2D eigenvalue weighted by atomic mass is 35.5. The van der Waals surface area contributed by atoms with E-state index in [0.717, 1.165) is 0 Å². The Morgan fingerprint density at radius 1 is 1.57 bits per heavy atom. The molecule has 0 saturated heterocycles. The van der Waals surface area contributed by atoms with E-state index in [4.69, 9.17) is 22.1 Å². The van der Waals surface area contributed by atoms with Gasteiger partial charge in [0.15, 0.2) is 0 Å². The van der Waals surface area contributed by atoms with Crippen LogP contribution in [0.4, 0.5) is 4.39 Å². The quantitative estimate of drug-likeness (QED) is 0.841. The lowest BCUT2D eigenvalue weighted by molar-refractivity contribution is 0.133. The highest BCUT2D eigenvalue weighted by Gasteiger charge is 2.12. The lowest BCUT2D eigenvalue weighted by Crippen LogP contribution is -2.17. The van der Waals surface area contributed by atoms with Crippen molar-refractivity contribution in [2.75, 3.05) is 13.2 Å². The Morgan fingerprint density at radius 3 is 2.93 bits per heavy atom. The first kappa shape index (κ1) is 11.4. The molecule has 0 aromatic heterocycles. The van der Waals surface area contributed by atoms with Gasteiger partial charge in [-0.1, -0.05) is 23.7 Å². The molecule has 1 unspecified atom stereocenters. The van der Waals surface area contributed by atoms with Gasteiger partial charge in [0.05, 0.1) is 17.7 Å². The van der Waals surface area contributed by atoms with Crippen LogP contribution in [0.25, 0.3) is 0 Å². The number of hydrogen-bond donors (Lipinski definition) is 1. The van der Waals surface area contributed by atoms with Crippen LogP contribution in [-0.2, 0) is 4.74 Å². The van der Waals surface area contributed by atoms with Crippen LogP contribution in [0, 0.1) is 5.82 Å². The Bertz CT molecular complexity index is 306. The van der Waals surface area contributed by atoms with Crippen molar-refractivity contribution in [1.29, 1.82) is 0 Å². The van der Waals surface area contributed by atoms with E-state index in [9.17, 15) is 4.39 Å². The molecule has 4 heteroatoms. The standard InChI is InChI=1S/C10H13ClFNO/c1-2-14-6-9(13)7-4-3-5-8(12)10(7)11/h3-5,9H,2,6,13H2,1H3. The summed E-state index contributed by atoms with van der Waals surface area (Å²) in [5, 5.41) is 0.0831. The Labute approximate surface area is 87.8 Å². The van der Waals surface area contributed by atoms with Crippen molar-refractivity contribution in [3.05, 3.63) is 34.6 Å². The van der Waals surface area contributed by atoms with Gasteiger partial charge >= 0.3 is 0 Å². The Kier molecular flexibility index (Phi) is 4.32. The van der Waals surface area contributed by atoms with E-state index in [-0.39, 0.29) is 11.1 Å². The monoisotopic (exact) mass is 217 g/mol. The van der Waals surface area contributed by atoms with Crippen LogP contribution in [0.5, 0.6) is 0 Å². The summed E-state index contributed by atoms with van der Waals surface area (Å²) in [6, 6.07) is 4.22. The minimum atomic E-state index is -0.448. The van der Waals surface area contributed by atoms with Crippen molar-refractivity contribution in [2.24, 2.45) is 5.73 Å². The molecule has 1 atom stereocenters. The van der Waals surface area contributed by atoms with Gasteiger partial charge in [0.2, 0.25) is 0 Å². The van der Waals surface area contributed by atoms with Crippen molar-refractivity contribution < 1.29 is 9.13 Å². The predicted octanol–water partition coefficient (Wildman–Crippen LogP) is 2.52. The van der Waals surface area contributed by atoms with Crippen LogP contribution in [0.1, 0.15) is 18.5 Å². The zero-order valence-corrected chi connectivity index (χ0v) is 8.72. The summed E-state index contributed by atoms with van der Waals surface area (Å²) >= 11 is 5.76. The molecule has 14 heavy (non-hydrogen) atoms. The van der Waals surface area contributed by atoms with Gasteiger partial charge in [-0.2, -0.15) is 0 Å². The topological polar surface area (TPSA) is 35.2 Å². The normalized spacial score (nSPS) is 12.9. The first-order chi connectivity index (χ1) is 6.66. The highest BCUT2D eigenvalue weighted by molar-refractivity contribution is 6.31. The first-order valence-electron chi connectivity index (χ1n) is 4.44. The Hall–Kier alpha value is -0.640. The molecule has 0 aliphatic carbocycles. The average molecular weight is 218 g/mol. The summed E-state index contributed by atoms with van der Waals surface area (Å²) in [6.07, 6.45) is 0. The smallest absolute Gasteiger partial charge is 0.142 e. The molecule has 0 saturated carbocycles. The molecule has 1 aromatic carbocycles. The zero-order chi connectivity index (χ0) is 10.6. The number of benzene rings is 1. The van der Waals surface area contributed by atoms with Gasteiger partial charge in [-0.3, -0.25) is 0 Å². The highest BCUT2D eigenvalue weighted by Crippen LogP contribution is 2.24. The molecular weight excluding hydrogens is 205 g/mol. The third-order valence-electron chi connectivity index (χ3n) is 1.88. The fourth-order valence-electron chi connectivity index (χ4n) is 1.14. The summed E-state index contributed by atoms with van der Waals surface area (Å²) in [6.45, 7) is 2.81. The van der Waals surface area contributed by atoms with E-state index in [1.54, 1.807) is 12.1 Å². The fraction of sp³-hybridized carbons (Fsp3) is 0.400. The number of nitrogens with two attached hydrogens (primary N) is 1. The molecule has 0 aliphatic heterocycles. The van der Waals surface area contributed by atoms with Crippen LogP contribution in [-0.4, -0.2) is 13.2 Å². The van der Waals surface area contributed by atoms with Crippen LogP contribution >= 0.6 is 11.6 Å². The second-order valence-electron chi connectivity index (χ2n) is 2.91. The summed E-state index contributed by atoms with van der Waals surface area (Å²) < 4.78 is 18.2. The van der Waals surface area contributed by atoms with E-state index < -0.39 is 5.82 Å². The molecule has 0 radical (unpaired) electrons. The van der Waals surface area contributed by atoms with Gasteiger partial charge in [-0.05, 0) is 18.6 Å². The van der Waals surface area contributed by atoms with Crippen LogP contribution in [0.15, 0.2) is 18.2 Å². The summed E-state index contributed by atoms with van der Waals surface area (Å²) in [7, 11) is 0. The summed E-state index contributed by atoms with van der Waals surface area (Å²) in [5.41, 5.74) is 6.36. The van der Waals surface area contributed by atoms with Gasteiger partial charge in [0, 0.05) is 6.61 Å². The van der Waals surface area contributed by atoms with Gasteiger partial charge in [0.25, 0.3) is 0 Å². The molecule has 2 nitrogen and oxygen atoms in total. The van der Waals surface area contributed by atoms with Gasteiger partial charge in [-0.15, -0.1) is 0 Å². The SMILES string of the molecule is CCOCC(N)c1cccc(F)c1Cl. The van der Waals surface area contributed by atoms with Crippen molar-refractivity contribution in [2.45, 2.75) is 13.0 Å². The molecule has 1 rings (SSSR count). The van der Waals surface area contributed by atoms with Gasteiger partial charge in [0.1, 0.15) is 5.82 Å². The Balaban J connectivity index is 2.79. The molecule has 0 heterocycles. The largest absolute Gasteiger partial charge is 0.380 e. The molecule has 0 bridgehead atoms. The average Bonchev–Trinajstić information content (AvgIpc) is 2.18. The molecule has 0 aliphatic rings. The second-order valence-corrected chi connectivity index (χ2v) is 3.29.